The van der Waals surface area contributed by atoms with Crippen molar-refractivity contribution in [3.8, 4) is 0 Å². The van der Waals surface area contributed by atoms with Crippen LogP contribution in [-0.2, 0) is 16.6 Å². The van der Waals surface area contributed by atoms with Crippen LogP contribution in [0.25, 0.3) is 0 Å². The van der Waals surface area contributed by atoms with Crippen molar-refractivity contribution in [2.24, 2.45) is 0 Å². The number of unbranched alkanes of at least 4 members (excludes halogenated alkanes) is 4. The second-order valence-electron chi connectivity index (χ2n) is 5.91. The van der Waals surface area contributed by atoms with Crippen molar-refractivity contribution < 1.29 is 75.7 Å². The van der Waals surface area contributed by atoms with Gasteiger partial charge in [0.1, 0.15) is 0 Å². The Bertz CT molecular complexity index is 125. The first-order valence-electron chi connectivity index (χ1n) is 8.24. The summed E-state index contributed by atoms with van der Waals surface area (Å²) in [6, 6.07) is 0. The van der Waals surface area contributed by atoms with Gasteiger partial charge in [-0.15, -0.1) is 0 Å². The van der Waals surface area contributed by atoms with Crippen LogP contribution in [0.4, 0.5) is 0 Å². The van der Waals surface area contributed by atoms with Crippen molar-refractivity contribution >= 4 is 0 Å². The van der Waals surface area contributed by atoms with Crippen LogP contribution in [0.3, 0.4) is 0 Å². The fraction of sp³-hybridized carbons (Fsp3) is 1.00. The summed E-state index contributed by atoms with van der Waals surface area (Å²) in [6.45, 7) is 9.47. The standard InChI is InChI=1S/4C4H9.2Na.Ti/c4*1-3-4-2;;;/h4*1,3-4H2,2H3;;;/q;;;;2*+1;-2. The molecule has 0 atom stereocenters. The quantitative estimate of drug-likeness (QED) is 0.471. The van der Waals surface area contributed by atoms with E-state index >= 15 is 0 Å². The van der Waals surface area contributed by atoms with Gasteiger partial charge in [-0.05, 0) is 0 Å². The molecule has 0 nitrogen and oxygen atoms in total. The van der Waals surface area contributed by atoms with E-state index in [0.29, 0.717) is 0 Å². The SMILES string of the molecule is CCC[CH2][Ti-2]([CH2]CCC)([CH2]CCC)[CH2]CCC.[Na+].[Na+]. The molecule has 0 amide bonds. The molecule has 0 rings (SSSR count). The van der Waals surface area contributed by atoms with Gasteiger partial charge in [0.05, 0.1) is 0 Å². The zero-order valence-electron chi connectivity index (χ0n) is 15.0. The smallest absolute Gasteiger partial charge is 1.00 e. The maximum atomic E-state index is 2.37. The number of rotatable bonds is 12. The minimum absolute atomic E-state index is 0. The molecule has 0 radical (unpaired) electrons. The summed E-state index contributed by atoms with van der Waals surface area (Å²) in [5.74, 6) is 0. The molecule has 0 aromatic carbocycles. The number of hydrogen-bond acceptors (Lipinski definition) is 0. The molecule has 0 aromatic rings. The molecule has 0 aliphatic rings. The molecular formula is C16H36Na2Ti. The molecule has 19 heavy (non-hydrogen) atoms. The van der Waals surface area contributed by atoms with Crippen LogP contribution < -0.4 is 59.1 Å². The van der Waals surface area contributed by atoms with Gasteiger partial charge < -0.3 is 0 Å². The molecule has 0 fully saturated rings. The molecule has 0 unspecified atom stereocenters. The van der Waals surface area contributed by atoms with Crippen LogP contribution in [0.2, 0.25) is 18.9 Å². The molecule has 106 valence electrons. The largest absolute Gasteiger partial charge is 1.00 e. The van der Waals surface area contributed by atoms with Gasteiger partial charge in [-0.2, -0.15) is 0 Å². The predicted molar refractivity (Wildman–Crippen MR) is 78.9 cm³/mol. The van der Waals surface area contributed by atoms with Gasteiger partial charge in [0.15, 0.2) is 0 Å². The fourth-order valence-electron chi connectivity index (χ4n) is 2.96. The van der Waals surface area contributed by atoms with Crippen molar-refractivity contribution in [2.75, 3.05) is 0 Å². The van der Waals surface area contributed by atoms with E-state index in [9.17, 15) is 0 Å². The Labute approximate surface area is 171 Å². The molecule has 0 saturated heterocycles. The minimum Gasteiger partial charge on any atom is 1.00 e. The van der Waals surface area contributed by atoms with Crippen LogP contribution in [0, 0.1) is 0 Å². The van der Waals surface area contributed by atoms with Gasteiger partial charge in [-0.3, -0.25) is 0 Å². The molecule has 0 aromatic heterocycles. The Hall–Kier alpha value is 2.71. The number of hydrogen-bond donors (Lipinski definition) is 0. The average Bonchev–Trinajstić information content (AvgIpc) is 2.37. The van der Waals surface area contributed by atoms with E-state index in [4.69, 9.17) is 0 Å². The Kier molecular flexibility index (Phi) is 26.3. The second-order valence-corrected chi connectivity index (χ2v) is 13.7. The zero-order chi connectivity index (χ0) is 13.0. The Morgan fingerprint density at radius 1 is 0.474 bits per heavy atom. The molecule has 3 heteroatoms. The van der Waals surface area contributed by atoms with E-state index in [1.54, 1.807) is 18.9 Å². The Morgan fingerprint density at radius 2 is 0.684 bits per heavy atom. The third-order valence-corrected chi connectivity index (χ3v) is 13.1. The molecule has 0 aliphatic carbocycles. The Morgan fingerprint density at radius 3 is 0.842 bits per heavy atom. The van der Waals surface area contributed by atoms with Crippen LogP contribution in [0.15, 0.2) is 0 Å². The van der Waals surface area contributed by atoms with Gasteiger partial charge in [0, 0.05) is 0 Å². The van der Waals surface area contributed by atoms with Gasteiger partial charge in [-0.25, -0.2) is 0 Å². The maximum Gasteiger partial charge on any atom is 1.00 e. The molecule has 0 spiro atoms. The first-order valence-corrected chi connectivity index (χ1v) is 12.7. The molecule has 0 heterocycles. The molecule has 0 aliphatic heterocycles. The predicted octanol–water partition coefficient (Wildman–Crippen LogP) is 1.02. The van der Waals surface area contributed by atoms with Gasteiger partial charge in [0.2, 0.25) is 0 Å². The minimum atomic E-state index is -1.43. The maximum absolute atomic E-state index is 2.37. The molecular weight excluding hydrogens is 286 g/mol. The fourth-order valence-corrected chi connectivity index (χ4v) is 12.2. The summed E-state index contributed by atoms with van der Waals surface area (Å²) in [7, 11) is 0. The summed E-state index contributed by atoms with van der Waals surface area (Å²) in [5, 5.41) is 0. The van der Waals surface area contributed by atoms with E-state index in [-0.39, 0.29) is 59.1 Å². The molecule has 0 N–H and O–H groups in total. The van der Waals surface area contributed by atoms with E-state index in [0.717, 1.165) is 0 Å². The van der Waals surface area contributed by atoms with Crippen molar-refractivity contribution in [1.29, 1.82) is 0 Å². The third kappa shape index (κ3) is 14.1. The summed E-state index contributed by atoms with van der Waals surface area (Å²) in [5.41, 5.74) is 0. The van der Waals surface area contributed by atoms with Crippen molar-refractivity contribution in [3.63, 3.8) is 0 Å². The first-order chi connectivity index (χ1) is 8.24. The van der Waals surface area contributed by atoms with E-state index in [1.165, 1.54) is 51.4 Å². The van der Waals surface area contributed by atoms with Crippen LogP contribution >= 0.6 is 0 Å². The first kappa shape index (κ1) is 26.6. The Balaban J connectivity index is -0.00000128. The van der Waals surface area contributed by atoms with Gasteiger partial charge in [0.25, 0.3) is 0 Å². The van der Waals surface area contributed by atoms with E-state index in [1.807, 2.05) is 0 Å². The zero-order valence-corrected chi connectivity index (χ0v) is 20.5. The topological polar surface area (TPSA) is 0 Å². The summed E-state index contributed by atoms with van der Waals surface area (Å²) in [4.78, 5) is 0. The van der Waals surface area contributed by atoms with Gasteiger partial charge >= 0.3 is 174 Å². The summed E-state index contributed by atoms with van der Waals surface area (Å²) in [6.07, 6.45) is 11.8. The molecule has 0 bridgehead atoms. The summed E-state index contributed by atoms with van der Waals surface area (Å²) >= 11 is -1.43. The molecule has 0 saturated carbocycles. The second kappa shape index (κ2) is 18.8. The van der Waals surface area contributed by atoms with Crippen LogP contribution in [-0.4, -0.2) is 0 Å². The average molecular weight is 322 g/mol. The third-order valence-electron chi connectivity index (χ3n) is 4.24. The van der Waals surface area contributed by atoms with Crippen molar-refractivity contribution in [3.05, 3.63) is 0 Å². The van der Waals surface area contributed by atoms with Gasteiger partial charge in [-0.1, -0.05) is 0 Å². The van der Waals surface area contributed by atoms with Crippen molar-refractivity contribution in [1.82, 2.24) is 0 Å². The normalized spacial score (nSPS) is 11.6. The van der Waals surface area contributed by atoms with E-state index in [2.05, 4.69) is 27.7 Å². The van der Waals surface area contributed by atoms with Crippen molar-refractivity contribution in [2.45, 2.75) is 98.0 Å². The van der Waals surface area contributed by atoms with Crippen LogP contribution in [0.1, 0.15) is 79.1 Å². The monoisotopic (exact) mass is 322 g/mol. The summed E-state index contributed by atoms with van der Waals surface area (Å²) < 4.78 is 6.71. The van der Waals surface area contributed by atoms with E-state index < -0.39 is 16.6 Å². The van der Waals surface area contributed by atoms with Crippen LogP contribution in [0.5, 0.6) is 0 Å².